The fourth-order valence-corrected chi connectivity index (χ4v) is 4.61. The van der Waals surface area contributed by atoms with E-state index >= 15 is 0 Å². The van der Waals surface area contributed by atoms with Crippen LogP contribution in [0.15, 0.2) is 12.7 Å². The van der Waals surface area contributed by atoms with Gasteiger partial charge in [0.1, 0.15) is 30.2 Å². The Morgan fingerprint density at radius 2 is 2.32 bits per heavy atom. The molecule has 2 aliphatic heterocycles. The maximum atomic E-state index is 12.6. The van der Waals surface area contributed by atoms with Gasteiger partial charge in [0.15, 0.2) is 17.7 Å². The first-order valence-corrected chi connectivity index (χ1v) is 9.51. The summed E-state index contributed by atoms with van der Waals surface area (Å²) in [7, 11) is -3.46. The van der Waals surface area contributed by atoms with Crippen LogP contribution >= 0.6 is 7.75 Å². The third-order valence-corrected chi connectivity index (χ3v) is 5.82. The first-order chi connectivity index (χ1) is 12.0. The molecule has 25 heavy (non-hydrogen) atoms. The Kier molecular flexibility index (Phi) is 4.22. The molecule has 12 heteroatoms. The van der Waals surface area contributed by atoms with Gasteiger partial charge in [-0.05, 0) is 6.42 Å². The minimum Gasteiger partial charge on any atom is -0.386 e. The minimum atomic E-state index is -3.46. The summed E-state index contributed by atoms with van der Waals surface area (Å²) in [6.45, 7) is 2.47. The molecule has 4 heterocycles. The zero-order valence-corrected chi connectivity index (χ0v) is 14.4. The monoisotopic (exact) mass is 370 g/mol. The molecule has 1 unspecified atom stereocenters. The van der Waals surface area contributed by atoms with Gasteiger partial charge in [-0.1, -0.05) is 6.92 Å². The van der Waals surface area contributed by atoms with Gasteiger partial charge in [-0.25, -0.2) is 24.6 Å². The number of nitrogens with zero attached hydrogens (tertiary/aromatic N) is 4. The van der Waals surface area contributed by atoms with Gasteiger partial charge in [0.25, 0.3) is 0 Å². The molecule has 2 fully saturated rings. The molecular weight excluding hydrogens is 351 g/mol. The molecule has 0 aromatic carbocycles. The van der Waals surface area contributed by atoms with Gasteiger partial charge < -0.3 is 15.6 Å². The Balaban J connectivity index is 1.60. The quantitative estimate of drug-likeness (QED) is 0.637. The van der Waals surface area contributed by atoms with Gasteiger partial charge in [-0.2, -0.15) is 0 Å². The topological polar surface area (TPSA) is 147 Å². The van der Waals surface area contributed by atoms with E-state index in [9.17, 15) is 9.67 Å². The number of imidazole rings is 1. The summed E-state index contributed by atoms with van der Waals surface area (Å²) in [5, 5.41) is 13.4. The molecule has 2 aliphatic rings. The van der Waals surface area contributed by atoms with Gasteiger partial charge in [0, 0.05) is 6.54 Å². The van der Waals surface area contributed by atoms with Crippen LogP contribution < -0.4 is 10.8 Å². The molecule has 136 valence electrons. The lowest BCUT2D eigenvalue weighted by atomic mass is 10.1. The lowest BCUT2D eigenvalue weighted by Gasteiger charge is -2.31. The molecule has 0 aliphatic carbocycles. The van der Waals surface area contributed by atoms with Crippen molar-refractivity contribution in [1.29, 1.82) is 0 Å². The van der Waals surface area contributed by atoms with Crippen molar-refractivity contribution < 1.29 is 23.5 Å². The van der Waals surface area contributed by atoms with Crippen molar-refractivity contribution in [2.75, 3.05) is 18.9 Å². The number of aliphatic hydroxyl groups excluding tert-OH is 1. The molecule has 2 saturated heterocycles. The number of nitrogens with one attached hydrogen (secondary N) is 1. The van der Waals surface area contributed by atoms with Gasteiger partial charge in [0.2, 0.25) is 0 Å². The van der Waals surface area contributed by atoms with Crippen LogP contribution in [0, 0.1) is 0 Å². The van der Waals surface area contributed by atoms with E-state index in [2.05, 4.69) is 20.0 Å². The molecule has 2 aromatic rings. The lowest BCUT2D eigenvalue weighted by Crippen LogP contribution is -2.41. The van der Waals surface area contributed by atoms with Crippen LogP contribution in [-0.4, -0.2) is 56.1 Å². The number of nitrogen functional groups attached to an aromatic ring is 1. The first-order valence-electron chi connectivity index (χ1n) is 7.97. The smallest absolute Gasteiger partial charge is 0.386 e. The standard InChI is InChI=1S/C13H19N6O5P/c1-2-3-18-25(21)22-4-7-10(24-25)9(20)13(23-7)19-6-17-8-11(14)15-5-16-12(8)19/h5-7,9-10,13,20H,2-4H2,1H3,(H,18,21)(H2,14,15,16)/t7-,9-,10-,13-,25?/m1/s1. The Hall–Kier alpha value is -1.62. The van der Waals surface area contributed by atoms with Crippen molar-refractivity contribution in [3.8, 4) is 0 Å². The van der Waals surface area contributed by atoms with Gasteiger partial charge in [-0.15, -0.1) is 0 Å². The highest BCUT2D eigenvalue weighted by Crippen LogP contribution is 2.52. The van der Waals surface area contributed by atoms with Crippen molar-refractivity contribution in [2.45, 2.75) is 37.9 Å². The van der Waals surface area contributed by atoms with E-state index in [0.717, 1.165) is 6.42 Å². The number of nitrogens with two attached hydrogens (primary N) is 1. The van der Waals surface area contributed by atoms with E-state index in [1.807, 2.05) is 6.92 Å². The fraction of sp³-hybridized carbons (Fsp3) is 0.615. The Labute approximate surface area is 143 Å². The van der Waals surface area contributed by atoms with Crippen LogP contribution in [0.1, 0.15) is 19.6 Å². The number of aliphatic hydroxyl groups is 1. The normalized spacial score (nSPS) is 35.1. The molecule has 2 aromatic heterocycles. The van der Waals surface area contributed by atoms with Crippen LogP contribution in [0.5, 0.6) is 0 Å². The predicted octanol–water partition coefficient (Wildman–Crippen LogP) is 0.190. The third kappa shape index (κ3) is 2.82. The second kappa shape index (κ2) is 6.27. The summed E-state index contributed by atoms with van der Waals surface area (Å²) < 4.78 is 30.8. The molecule has 4 rings (SSSR count). The van der Waals surface area contributed by atoms with E-state index in [1.165, 1.54) is 12.7 Å². The summed E-state index contributed by atoms with van der Waals surface area (Å²) in [4.78, 5) is 12.2. The highest BCUT2D eigenvalue weighted by molar-refractivity contribution is 7.51. The Bertz CT molecular complexity index is 830. The van der Waals surface area contributed by atoms with Crippen molar-refractivity contribution >= 4 is 24.7 Å². The number of hydrogen-bond donors (Lipinski definition) is 3. The third-order valence-electron chi connectivity index (χ3n) is 4.20. The van der Waals surface area contributed by atoms with Crippen LogP contribution in [-0.2, 0) is 18.3 Å². The van der Waals surface area contributed by atoms with Crippen LogP contribution in [0.4, 0.5) is 5.82 Å². The maximum Gasteiger partial charge on any atom is 0.406 e. The zero-order valence-electron chi connectivity index (χ0n) is 13.5. The largest absolute Gasteiger partial charge is 0.406 e. The molecule has 0 saturated carbocycles. The lowest BCUT2D eigenvalue weighted by molar-refractivity contribution is -0.0595. The van der Waals surface area contributed by atoms with Crippen LogP contribution in [0.25, 0.3) is 11.2 Å². The average Bonchev–Trinajstić information content (AvgIpc) is 3.16. The van der Waals surface area contributed by atoms with Crippen molar-refractivity contribution in [3.05, 3.63) is 12.7 Å². The fourth-order valence-electron chi connectivity index (χ4n) is 2.96. The van der Waals surface area contributed by atoms with Gasteiger partial charge in [-0.3, -0.25) is 13.6 Å². The van der Waals surface area contributed by atoms with E-state index in [4.69, 9.17) is 19.5 Å². The Morgan fingerprint density at radius 3 is 3.12 bits per heavy atom. The van der Waals surface area contributed by atoms with Gasteiger partial charge in [0.05, 0.1) is 12.9 Å². The van der Waals surface area contributed by atoms with Gasteiger partial charge >= 0.3 is 7.75 Å². The minimum absolute atomic E-state index is 0.0516. The number of rotatable bonds is 4. The molecule has 11 nitrogen and oxygen atoms in total. The maximum absolute atomic E-state index is 12.6. The number of hydrogen-bond acceptors (Lipinski definition) is 9. The summed E-state index contributed by atoms with van der Waals surface area (Å²) >= 11 is 0. The van der Waals surface area contributed by atoms with Crippen molar-refractivity contribution in [3.63, 3.8) is 0 Å². The van der Waals surface area contributed by atoms with Crippen LogP contribution in [0.2, 0.25) is 0 Å². The average molecular weight is 370 g/mol. The summed E-state index contributed by atoms with van der Waals surface area (Å²) in [5.74, 6) is 0.238. The summed E-state index contributed by atoms with van der Waals surface area (Å²) in [6, 6.07) is 0. The molecular formula is C13H19N6O5P. The zero-order chi connectivity index (χ0) is 17.6. The molecule has 4 N–H and O–H groups in total. The number of anilines is 1. The first kappa shape index (κ1) is 16.8. The second-order valence-electron chi connectivity index (χ2n) is 5.91. The van der Waals surface area contributed by atoms with Crippen molar-refractivity contribution in [1.82, 2.24) is 24.6 Å². The molecule has 0 amide bonds. The highest BCUT2D eigenvalue weighted by Gasteiger charge is 2.52. The number of ether oxygens (including phenoxy) is 1. The molecule has 0 radical (unpaired) electrons. The van der Waals surface area contributed by atoms with E-state index in [1.54, 1.807) is 4.57 Å². The Morgan fingerprint density at radius 1 is 1.48 bits per heavy atom. The summed E-state index contributed by atoms with van der Waals surface area (Å²) in [6.07, 6.45) is 0.334. The number of aromatic nitrogens is 4. The van der Waals surface area contributed by atoms with E-state index in [0.29, 0.717) is 17.7 Å². The van der Waals surface area contributed by atoms with Crippen LogP contribution in [0.3, 0.4) is 0 Å². The second-order valence-corrected chi connectivity index (χ2v) is 7.69. The highest BCUT2D eigenvalue weighted by atomic mass is 31.2. The van der Waals surface area contributed by atoms with E-state index < -0.39 is 32.3 Å². The molecule has 0 bridgehead atoms. The van der Waals surface area contributed by atoms with E-state index in [-0.39, 0.29) is 12.4 Å². The molecule has 0 spiro atoms. The predicted molar refractivity (Wildman–Crippen MR) is 86.4 cm³/mol. The summed E-state index contributed by atoms with van der Waals surface area (Å²) in [5.41, 5.74) is 6.63. The SMILES string of the molecule is CCCNP1(=O)OC[C@H]2O[C@@H](n3cnc4c(N)ncnc43)[C@H](O)[C@@H]2O1. The van der Waals surface area contributed by atoms with Crippen molar-refractivity contribution in [2.24, 2.45) is 0 Å². The molecule has 5 atom stereocenters. The number of fused-ring (bicyclic) bond motifs is 2.